The van der Waals surface area contributed by atoms with Gasteiger partial charge in [-0.3, -0.25) is 19.3 Å². The van der Waals surface area contributed by atoms with E-state index in [0.717, 1.165) is 6.42 Å². The fourth-order valence-electron chi connectivity index (χ4n) is 3.57. The summed E-state index contributed by atoms with van der Waals surface area (Å²) in [6, 6.07) is 0. The molecule has 1 saturated heterocycles. The van der Waals surface area contributed by atoms with E-state index in [1.165, 1.54) is 4.90 Å². The number of hydrogen-bond acceptors (Lipinski definition) is 3. The summed E-state index contributed by atoms with van der Waals surface area (Å²) < 4.78 is 0. The van der Waals surface area contributed by atoms with Crippen LogP contribution < -0.4 is 0 Å². The van der Waals surface area contributed by atoms with E-state index in [1.54, 1.807) is 0 Å². The smallest absolute Gasteiger partial charge is 0.303 e. The number of hydrogen-bond donors (Lipinski definition) is 1. The lowest BCUT2D eigenvalue weighted by atomic mass is 9.85. The molecule has 1 N–H and O–H groups in total. The number of nitrogens with zero attached hydrogens (tertiary/aromatic N) is 1. The molecule has 18 heavy (non-hydrogen) atoms. The van der Waals surface area contributed by atoms with Crippen LogP contribution in [0.3, 0.4) is 0 Å². The number of likely N-dealkylation sites (tertiary alicyclic amines) is 1. The molecule has 3 rings (SSSR count). The van der Waals surface area contributed by atoms with Gasteiger partial charge >= 0.3 is 5.97 Å². The third-order valence-electron chi connectivity index (χ3n) is 4.33. The molecule has 1 heterocycles. The van der Waals surface area contributed by atoms with Crippen LogP contribution in [-0.2, 0) is 14.4 Å². The Kier molecular flexibility index (Phi) is 2.50. The van der Waals surface area contributed by atoms with Crippen molar-refractivity contribution >= 4 is 17.8 Å². The zero-order valence-corrected chi connectivity index (χ0v) is 9.91. The van der Waals surface area contributed by atoms with E-state index in [4.69, 9.17) is 5.11 Å². The molecule has 2 bridgehead atoms. The number of aliphatic carboxylic acids is 1. The van der Waals surface area contributed by atoms with Crippen LogP contribution in [0.4, 0.5) is 0 Å². The molecule has 96 valence electrons. The summed E-state index contributed by atoms with van der Waals surface area (Å²) >= 11 is 0. The predicted octanol–water partition coefficient (Wildman–Crippen LogP) is 0.658. The van der Waals surface area contributed by atoms with Gasteiger partial charge in [0, 0.05) is 13.0 Å². The van der Waals surface area contributed by atoms with Gasteiger partial charge in [-0.15, -0.1) is 0 Å². The summed E-state index contributed by atoms with van der Waals surface area (Å²) in [7, 11) is 0. The number of carbonyl (C=O) groups is 3. The van der Waals surface area contributed by atoms with Crippen molar-refractivity contribution in [1.82, 2.24) is 4.90 Å². The van der Waals surface area contributed by atoms with Gasteiger partial charge in [-0.2, -0.15) is 0 Å². The molecule has 2 fully saturated rings. The van der Waals surface area contributed by atoms with Gasteiger partial charge in [-0.25, -0.2) is 0 Å². The largest absolute Gasteiger partial charge is 0.481 e. The van der Waals surface area contributed by atoms with Crippen LogP contribution in [0.15, 0.2) is 12.2 Å². The van der Waals surface area contributed by atoms with Crippen molar-refractivity contribution in [3.63, 3.8) is 0 Å². The molecule has 4 atom stereocenters. The lowest BCUT2D eigenvalue weighted by molar-refractivity contribution is -0.142. The van der Waals surface area contributed by atoms with Crippen molar-refractivity contribution in [3.05, 3.63) is 12.2 Å². The normalized spacial score (nSPS) is 36.6. The molecule has 2 amide bonds. The first-order valence-corrected chi connectivity index (χ1v) is 6.35. The van der Waals surface area contributed by atoms with Crippen molar-refractivity contribution in [2.45, 2.75) is 19.3 Å². The number of carbonyl (C=O) groups excluding carboxylic acids is 2. The van der Waals surface area contributed by atoms with E-state index in [-0.39, 0.29) is 48.5 Å². The fourth-order valence-corrected chi connectivity index (χ4v) is 3.57. The highest BCUT2D eigenvalue weighted by Crippen LogP contribution is 2.52. The van der Waals surface area contributed by atoms with E-state index in [2.05, 4.69) is 12.2 Å². The zero-order chi connectivity index (χ0) is 12.9. The zero-order valence-electron chi connectivity index (χ0n) is 9.91. The summed E-state index contributed by atoms with van der Waals surface area (Å²) in [6.45, 7) is 0.246. The van der Waals surface area contributed by atoms with Crippen molar-refractivity contribution in [3.8, 4) is 0 Å². The van der Waals surface area contributed by atoms with E-state index >= 15 is 0 Å². The summed E-state index contributed by atoms with van der Waals surface area (Å²) in [4.78, 5) is 36.1. The highest BCUT2D eigenvalue weighted by Gasteiger charge is 2.58. The van der Waals surface area contributed by atoms with Crippen molar-refractivity contribution < 1.29 is 19.5 Å². The molecular weight excluding hydrogens is 234 g/mol. The average molecular weight is 249 g/mol. The first-order chi connectivity index (χ1) is 8.59. The van der Waals surface area contributed by atoms with Gasteiger partial charge in [0.15, 0.2) is 0 Å². The molecular formula is C13H15NO4. The van der Waals surface area contributed by atoms with Gasteiger partial charge in [0.2, 0.25) is 11.8 Å². The van der Waals surface area contributed by atoms with Crippen LogP contribution in [0.25, 0.3) is 0 Å². The number of carboxylic acid groups (broad SMARTS) is 1. The Balaban J connectivity index is 1.70. The second kappa shape index (κ2) is 3.93. The molecule has 0 spiro atoms. The Hall–Kier alpha value is -1.65. The monoisotopic (exact) mass is 249 g/mol. The van der Waals surface area contributed by atoms with Gasteiger partial charge in [0.25, 0.3) is 0 Å². The Bertz CT molecular complexity index is 426. The molecule has 5 nitrogen and oxygen atoms in total. The van der Waals surface area contributed by atoms with Gasteiger partial charge in [0.1, 0.15) is 0 Å². The quantitative estimate of drug-likeness (QED) is 0.586. The van der Waals surface area contributed by atoms with E-state index in [9.17, 15) is 14.4 Å². The molecule has 0 unspecified atom stereocenters. The van der Waals surface area contributed by atoms with Crippen molar-refractivity contribution in [2.24, 2.45) is 23.7 Å². The standard InChI is InChI=1S/C13H15NO4/c15-9(16)2-1-5-14-12(17)10-7-3-4-8(6-7)11(10)13(14)18/h3-4,7-8,10-11H,1-2,5-6H2,(H,15,16)/t7-,8-,10-,11-/m1/s1. The number of carboxylic acids is 1. The Morgan fingerprint density at radius 2 is 1.78 bits per heavy atom. The summed E-state index contributed by atoms with van der Waals surface area (Å²) in [5, 5.41) is 8.58. The second-order valence-corrected chi connectivity index (χ2v) is 5.33. The summed E-state index contributed by atoms with van der Waals surface area (Å²) in [6.07, 6.45) is 5.37. The van der Waals surface area contributed by atoms with Crippen molar-refractivity contribution in [1.29, 1.82) is 0 Å². The third-order valence-corrected chi connectivity index (χ3v) is 4.33. The predicted molar refractivity (Wildman–Crippen MR) is 61.3 cm³/mol. The summed E-state index contributed by atoms with van der Waals surface area (Å²) in [5.74, 6) is -0.966. The number of rotatable bonds is 4. The van der Waals surface area contributed by atoms with Crippen LogP contribution in [0, 0.1) is 23.7 Å². The van der Waals surface area contributed by atoms with Crippen LogP contribution >= 0.6 is 0 Å². The number of imide groups is 1. The van der Waals surface area contributed by atoms with E-state index < -0.39 is 5.97 Å². The number of fused-ring (bicyclic) bond motifs is 5. The molecule has 0 aromatic heterocycles. The van der Waals surface area contributed by atoms with E-state index in [1.807, 2.05) is 0 Å². The van der Waals surface area contributed by atoms with Crippen LogP contribution in [0.5, 0.6) is 0 Å². The van der Waals surface area contributed by atoms with Gasteiger partial charge < -0.3 is 5.11 Å². The van der Waals surface area contributed by atoms with Gasteiger partial charge in [-0.1, -0.05) is 12.2 Å². The maximum atomic E-state index is 12.2. The molecule has 0 aromatic rings. The molecule has 5 heteroatoms. The minimum Gasteiger partial charge on any atom is -0.481 e. The SMILES string of the molecule is O=C(O)CCCN1C(=O)[C@H]2[C@H](C1=O)[C@@H]1C=C[C@@H]2C1. The maximum absolute atomic E-state index is 12.2. The molecule has 0 aromatic carbocycles. The maximum Gasteiger partial charge on any atom is 0.303 e. The first kappa shape index (κ1) is 11.4. The lowest BCUT2D eigenvalue weighted by Gasteiger charge is -2.16. The van der Waals surface area contributed by atoms with Crippen molar-refractivity contribution in [2.75, 3.05) is 6.54 Å². The number of allylic oxidation sites excluding steroid dienone is 2. The average Bonchev–Trinajstić information content (AvgIpc) is 2.97. The second-order valence-electron chi connectivity index (χ2n) is 5.33. The number of amides is 2. The highest BCUT2D eigenvalue weighted by atomic mass is 16.4. The molecule has 0 radical (unpaired) electrons. The fraction of sp³-hybridized carbons (Fsp3) is 0.615. The lowest BCUT2D eigenvalue weighted by Crippen LogP contribution is -2.34. The first-order valence-electron chi connectivity index (χ1n) is 6.35. The minimum atomic E-state index is -0.893. The third kappa shape index (κ3) is 1.50. The van der Waals surface area contributed by atoms with E-state index in [0.29, 0.717) is 6.42 Å². The Morgan fingerprint density at radius 1 is 1.22 bits per heavy atom. The molecule has 1 aliphatic heterocycles. The molecule has 1 saturated carbocycles. The highest BCUT2D eigenvalue weighted by molar-refractivity contribution is 6.06. The van der Waals surface area contributed by atoms with Crippen LogP contribution in [0.2, 0.25) is 0 Å². The van der Waals surface area contributed by atoms with Gasteiger partial charge in [-0.05, 0) is 24.7 Å². The summed E-state index contributed by atoms with van der Waals surface area (Å²) in [5.41, 5.74) is 0. The minimum absolute atomic E-state index is 0.00248. The Morgan fingerprint density at radius 3 is 2.28 bits per heavy atom. The molecule has 3 aliphatic rings. The Labute approximate surface area is 104 Å². The van der Waals surface area contributed by atoms with Crippen LogP contribution in [0.1, 0.15) is 19.3 Å². The van der Waals surface area contributed by atoms with Gasteiger partial charge in [0.05, 0.1) is 11.8 Å². The topological polar surface area (TPSA) is 74.7 Å². The van der Waals surface area contributed by atoms with Crippen LogP contribution in [-0.4, -0.2) is 34.3 Å². The molecule has 2 aliphatic carbocycles.